The highest BCUT2D eigenvalue weighted by atomic mass is 32.2. The van der Waals surface area contributed by atoms with E-state index in [2.05, 4.69) is 10.2 Å². The zero-order chi connectivity index (χ0) is 25.8. The Labute approximate surface area is 208 Å². The molecule has 2 unspecified atom stereocenters. The van der Waals surface area contributed by atoms with Crippen LogP contribution >= 0.6 is 0 Å². The van der Waals surface area contributed by atoms with E-state index in [9.17, 15) is 28.1 Å². The molecular weight excluding hydrogens is 486 g/mol. The van der Waals surface area contributed by atoms with Gasteiger partial charge in [0, 0.05) is 75.3 Å². The van der Waals surface area contributed by atoms with Crippen molar-refractivity contribution in [1.82, 2.24) is 14.2 Å². The Morgan fingerprint density at radius 1 is 1.22 bits per heavy atom. The number of nitrogens with zero attached hydrogens (tertiary/aromatic N) is 4. The zero-order valence-corrected chi connectivity index (χ0v) is 21.0. The Kier molecular flexibility index (Phi) is 6.11. The lowest BCUT2D eigenvalue weighted by Gasteiger charge is -2.54. The first kappa shape index (κ1) is 24.4. The molecule has 11 nitrogen and oxygen atoms in total. The maximum absolute atomic E-state index is 13.5. The van der Waals surface area contributed by atoms with Crippen LogP contribution in [0.25, 0.3) is 0 Å². The van der Waals surface area contributed by atoms with E-state index >= 15 is 0 Å². The number of hydrogen-bond acceptors (Lipinski definition) is 7. The summed E-state index contributed by atoms with van der Waals surface area (Å²) >= 11 is 0. The van der Waals surface area contributed by atoms with E-state index < -0.39 is 20.9 Å². The number of carbonyl (C=O) groups is 1. The lowest BCUT2D eigenvalue weighted by Crippen LogP contribution is -2.61. The fourth-order valence-electron chi connectivity index (χ4n) is 6.07. The van der Waals surface area contributed by atoms with Crippen molar-refractivity contribution in [3.63, 3.8) is 0 Å². The second-order valence-corrected chi connectivity index (χ2v) is 12.3. The Morgan fingerprint density at radius 2 is 2.00 bits per heavy atom. The molecule has 5 rings (SSSR count). The van der Waals surface area contributed by atoms with Crippen LogP contribution < -0.4 is 15.8 Å². The number of anilines is 1. The number of amides is 1. The minimum atomic E-state index is -3.47. The number of piperidine rings is 1. The standard InChI is InChI=1S/C24H29N5O6S/c1-26(2)36(34,35)9-8-25-24(31)19-12-15-11-18(29(32)33)6-7-21(15)28-13-16-10-17(23(19)28)14-27-20(16)4-3-5-22(27)30/h3-7,11,16-17,19,23H,8-10,12-14H2,1-2H3,(H,25,31)/t16?,17?,19-,23+/m1/s1. The number of non-ortho nitro benzene ring substituents is 1. The van der Waals surface area contributed by atoms with Crippen molar-refractivity contribution >= 4 is 27.3 Å². The number of nitro groups is 1. The average Bonchev–Trinajstić information content (AvgIpc) is 2.83. The highest BCUT2D eigenvalue weighted by Crippen LogP contribution is 2.47. The van der Waals surface area contributed by atoms with Gasteiger partial charge in [-0.2, -0.15) is 0 Å². The number of hydrogen-bond donors (Lipinski definition) is 1. The van der Waals surface area contributed by atoms with Crippen LogP contribution in [0.5, 0.6) is 0 Å². The van der Waals surface area contributed by atoms with E-state index in [0.717, 1.165) is 27.7 Å². The van der Waals surface area contributed by atoms with Crippen molar-refractivity contribution in [2.75, 3.05) is 37.8 Å². The number of rotatable bonds is 6. The molecule has 0 radical (unpaired) electrons. The molecule has 1 N–H and O–H groups in total. The molecule has 2 aromatic rings. The summed E-state index contributed by atoms with van der Waals surface area (Å²) in [5.41, 5.74) is 2.49. The Bertz CT molecular complexity index is 1390. The molecule has 0 saturated carbocycles. The summed E-state index contributed by atoms with van der Waals surface area (Å²) in [5, 5.41) is 14.2. The predicted molar refractivity (Wildman–Crippen MR) is 133 cm³/mol. The highest BCUT2D eigenvalue weighted by molar-refractivity contribution is 7.89. The molecule has 0 spiro atoms. The number of aromatic nitrogens is 1. The van der Waals surface area contributed by atoms with Crippen LogP contribution in [0, 0.1) is 22.0 Å². The predicted octanol–water partition coefficient (Wildman–Crippen LogP) is 0.929. The molecule has 36 heavy (non-hydrogen) atoms. The van der Waals surface area contributed by atoms with Crippen molar-refractivity contribution in [2.45, 2.75) is 31.3 Å². The molecule has 0 aliphatic carbocycles. The monoisotopic (exact) mass is 515 g/mol. The van der Waals surface area contributed by atoms with Crippen LogP contribution in [-0.4, -0.2) is 67.1 Å². The molecule has 1 saturated heterocycles. The number of benzene rings is 1. The van der Waals surface area contributed by atoms with Gasteiger partial charge in [0.15, 0.2) is 0 Å². The SMILES string of the molecule is CN(C)S(=O)(=O)CCNC(=O)[C@@H]1Cc2cc([N+](=O)[O-])ccc2N2CC3CC(Cn4c3cccc4=O)[C@@H]12. The van der Waals surface area contributed by atoms with Gasteiger partial charge in [0.1, 0.15) is 0 Å². The first-order chi connectivity index (χ1) is 17.1. The summed E-state index contributed by atoms with van der Waals surface area (Å²) in [7, 11) is -0.577. The summed E-state index contributed by atoms with van der Waals surface area (Å²) in [6.45, 7) is 1.06. The van der Waals surface area contributed by atoms with E-state index in [0.29, 0.717) is 19.5 Å². The van der Waals surface area contributed by atoms with Gasteiger partial charge in [-0.25, -0.2) is 12.7 Å². The van der Waals surface area contributed by atoms with Gasteiger partial charge in [0.05, 0.1) is 16.6 Å². The van der Waals surface area contributed by atoms with Gasteiger partial charge in [-0.1, -0.05) is 6.07 Å². The lowest BCUT2D eigenvalue weighted by atomic mass is 9.70. The molecule has 1 fully saturated rings. The highest BCUT2D eigenvalue weighted by Gasteiger charge is 2.49. The summed E-state index contributed by atoms with van der Waals surface area (Å²) in [6.07, 6.45) is 1.15. The van der Waals surface area contributed by atoms with Crippen LogP contribution in [0.2, 0.25) is 0 Å². The van der Waals surface area contributed by atoms with Crippen LogP contribution in [0.4, 0.5) is 11.4 Å². The lowest BCUT2D eigenvalue weighted by molar-refractivity contribution is -0.384. The van der Waals surface area contributed by atoms with Crippen LogP contribution in [0.15, 0.2) is 41.2 Å². The zero-order valence-electron chi connectivity index (χ0n) is 20.2. The summed E-state index contributed by atoms with van der Waals surface area (Å²) in [5.74, 6) is -0.900. The molecule has 2 bridgehead atoms. The van der Waals surface area contributed by atoms with Gasteiger partial charge in [0.2, 0.25) is 15.9 Å². The molecule has 4 atom stereocenters. The number of fused-ring (bicyclic) bond motifs is 8. The molecular formula is C24H29N5O6S. The van der Waals surface area contributed by atoms with Gasteiger partial charge < -0.3 is 14.8 Å². The summed E-state index contributed by atoms with van der Waals surface area (Å²) in [4.78, 5) is 39.2. The fraction of sp³-hybridized carbons (Fsp3) is 0.500. The smallest absolute Gasteiger partial charge is 0.269 e. The molecule has 3 aliphatic heterocycles. The number of nitro benzene ring substituents is 1. The third-order valence-electron chi connectivity index (χ3n) is 7.75. The third kappa shape index (κ3) is 4.17. The first-order valence-electron chi connectivity index (χ1n) is 12.0. The van der Waals surface area contributed by atoms with Crippen LogP contribution in [0.1, 0.15) is 23.6 Å². The summed E-state index contributed by atoms with van der Waals surface area (Å²) in [6, 6.07) is 9.87. The van der Waals surface area contributed by atoms with Crippen molar-refractivity contribution in [1.29, 1.82) is 0 Å². The van der Waals surface area contributed by atoms with Gasteiger partial charge in [-0.3, -0.25) is 19.7 Å². The van der Waals surface area contributed by atoms with Gasteiger partial charge in [0.25, 0.3) is 11.2 Å². The quantitative estimate of drug-likeness (QED) is 0.447. The van der Waals surface area contributed by atoms with Gasteiger partial charge >= 0.3 is 0 Å². The fourth-order valence-corrected chi connectivity index (χ4v) is 6.79. The maximum atomic E-state index is 13.5. The molecule has 3 aliphatic rings. The molecule has 1 aromatic heterocycles. The minimum Gasteiger partial charge on any atom is -0.366 e. The molecule has 12 heteroatoms. The molecule has 1 amide bonds. The molecule has 4 heterocycles. The van der Waals surface area contributed by atoms with Crippen molar-refractivity contribution < 1.29 is 18.1 Å². The van der Waals surface area contributed by atoms with Crippen molar-refractivity contribution in [2.24, 2.45) is 11.8 Å². The van der Waals surface area contributed by atoms with E-state index in [-0.39, 0.29) is 47.3 Å². The van der Waals surface area contributed by atoms with E-state index in [1.807, 2.05) is 6.07 Å². The molecule has 192 valence electrons. The topological polar surface area (TPSA) is 135 Å². The number of carbonyl (C=O) groups excluding carboxylic acids is 1. The largest absolute Gasteiger partial charge is 0.366 e. The Morgan fingerprint density at radius 3 is 2.72 bits per heavy atom. The van der Waals surface area contributed by atoms with Crippen LogP contribution in [-0.2, 0) is 27.8 Å². The second kappa shape index (κ2) is 9.00. The minimum absolute atomic E-state index is 0.0278. The number of nitrogens with one attached hydrogen (secondary N) is 1. The molecule has 1 aromatic carbocycles. The van der Waals surface area contributed by atoms with Crippen molar-refractivity contribution in [3.8, 4) is 0 Å². The van der Waals surface area contributed by atoms with E-state index in [1.165, 1.54) is 26.2 Å². The van der Waals surface area contributed by atoms with E-state index in [4.69, 9.17) is 0 Å². The number of sulfonamides is 1. The first-order valence-corrected chi connectivity index (χ1v) is 13.6. The number of pyridine rings is 1. The van der Waals surface area contributed by atoms with Crippen LogP contribution in [0.3, 0.4) is 0 Å². The maximum Gasteiger partial charge on any atom is 0.269 e. The second-order valence-electron chi connectivity index (χ2n) is 10.0. The average molecular weight is 516 g/mol. The van der Waals surface area contributed by atoms with Gasteiger partial charge in [-0.15, -0.1) is 0 Å². The third-order valence-corrected chi connectivity index (χ3v) is 9.59. The summed E-state index contributed by atoms with van der Waals surface area (Å²) < 4.78 is 27.2. The van der Waals surface area contributed by atoms with E-state index in [1.54, 1.807) is 22.8 Å². The Hall–Kier alpha value is -3.25. The van der Waals surface area contributed by atoms with Crippen molar-refractivity contribution in [3.05, 3.63) is 68.1 Å². The van der Waals surface area contributed by atoms with Gasteiger partial charge in [-0.05, 0) is 36.5 Å². The Balaban J connectivity index is 1.49. The normalized spacial score (nSPS) is 24.5.